The lowest BCUT2D eigenvalue weighted by Gasteiger charge is -2.60. The van der Waals surface area contributed by atoms with Gasteiger partial charge in [-0.15, -0.1) is 0 Å². The Balaban J connectivity index is 1.64. The Labute approximate surface area is 162 Å². The fourth-order valence-electron chi connectivity index (χ4n) is 5.47. The number of esters is 1. The highest BCUT2D eigenvalue weighted by Gasteiger charge is 2.63. The van der Waals surface area contributed by atoms with Gasteiger partial charge in [0.1, 0.15) is 6.79 Å². The molecule has 0 heterocycles. The van der Waals surface area contributed by atoms with Crippen LogP contribution in [-0.2, 0) is 30.1 Å². The van der Waals surface area contributed by atoms with E-state index in [-0.39, 0.29) is 18.6 Å². The maximum absolute atomic E-state index is 13.5. The van der Waals surface area contributed by atoms with Gasteiger partial charge in [0.15, 0.2) is 0 Å². The second-order valence-electron chi connectivity index (χ2n) is 8.33. The van der Waals surface area contributed by atoms with Gasteiger partial charge >= 0.3 is 17.1 Å². The second-order valence-corrected chi connectivity index (χ2v) is 9.34. The minimum Gasteiger partial charge on any atom is -0.465 e. The Hall–Kier alpha value is -0.780. The van der Waals surface area contributed by atoms with Crippen molar-refractivity contribution in [2.24, 2.45) is 17.3 Å². The summed E-state index contributed by atoms with van der Waals surface area (Å²) in [6, 6.07) is 0. The first-order valence-corrected chi connectivity index (χ1v) is 10.2. The van der Waals surface area contributed by atoms with E-state index in [9.17, 15) is 26.6 Å². The summed E-state index contributed by atoms with van der Waals surface area (Å²) in [5.74, 6) is -4.94. The molecule has 3 unspecified atom stereocenters. The van der Waals surface area contributed by atoms with E-state index in [0.29, 0.717) is 19.3 Å². The number of carbonyl (C=O) groups is 1. The minimum absolute atomic E-state index is 0.0875. The van der Waals surface area contributed by atoms with Crippen LogP contribution in [-0.4, -0.2) is 52.0 Å². The molecule has 0 aromatic carbocycles. The van der Waals surface area contributed by atoms with Crippen molar-refractivity contribution in [2.45, 2.75) is 61.7 Å². The number of carbonyl (C=O) groups excluding carboxylic acids is 1. The number of halogens is 4. The SMILES string of the molecule is COCOC12CC3CC(C1)CC(C(=O)OCCC(F)(F)C(F)(F)S(=O)O)(C3)C2. The zero-order valence-corrected chi connectivity index (χ0v) is 16.2. The highest BCUT2D eigenvalue weighted by atomic mass is 32.2. The van der Waals surface area contributed by atoms with Crippen LogP contribution in [0.4, 0.5) is 17.6 Å². The molecule has 0 saturated heterocycles. The lowest BCUT2D eigenvalue weighted by molar-refractivity contribution is -0.232. The molecule has 28 heavy (non-hydrogen) atoms. The number of alkyl halides is 4. The van der Waals surface area contributed by atoms with Crippen molar-refractivity contribution >= 4 is 17.0 Å². The molecule has 4 aliphatic rings. The van der Waals surface area contributed by atoms with Crippen LogP contribution in [0.2, 0.25) is 0 Å². The zero-order valence-electron chi connectivity index (χ0n) is 15.4. The molecule has 6 nitrogen and oxygen atoms in total. The van der Waals surface area contributed by atoms with Crippen LogP contribution in [0, 0.1) is 17.3 Å². The number of methoxy groups -OCH3 is 1. The Morgan fingerprint density at radius 2 is 1.79 bits per heavy atom. The molecule has 162 valence electrons. The predicted molar refractivity (Wildman–Crippen MR) is 89.0 cm³/mol. The fourth-order valence-corrected chi connectivity index (χ4v) is 5.83. The average Bonchev–Trinajstić information content (AvgIpc) is 2.58. The standard InChI is InChI=1S/C17H24F4O6S/c1-25-10-27-15-7-11-4-12(8-15)6-14(5-11,9-15)13(22)26-3-2-16(18,19)17(20,21)28(23)24/h11-12H,2-10H2,1H3,(H,23,24). The Kier molecular flexibility index (Phi) is 5.85. The van der Waals surface area contributed by atoms with Crippen molar-refractivity contribution in [3.8, 4) is 0 Å². The van der Waals surface area contributed by atoms with E-state index >= 15 is 0 Å². The molecule has 0 amide bonds. The Morgan fingerprint density at radius 3 is 2.32 bits per heavy atom. The molecular formula is C17H24F4O6S. The highest BCUT2D eigenvalue weighted by molar-refractivity contribution is 7.80. The normalized spacial score (nSPS) is 35.8. The van der Waals surface area contributed by atoms with Crippen molar-refractivity contribution in [3.05, 3.63) is 0 Å². The molecule has 4 aliphatic carbocycles. The molecule has 11 heteroatoms. The monoisotopic (exact) mass is 432 g/mol. The molecule has 0 aromatic heterocycles. The van der Waals surface area contributed by atoms with E-state index < -0.39 is 52.3 Å². The van der Waals surface area contributed by atoms with Gasteiger partial charge in [-0.25, -0.2) is 4.21 Å². The van der Waals surface area contributed by atoms with E-state index in [1.165, 1.54) is 7.11 Å². The van der Waals surface area contributed by atoms with Crippen molar-refractivity contribution in [1.82, 2.24) is 0 Å². The summed E-state index contributed by atoms with van der Waals surface area (Å²) in [5.41, 5.74) is -1.38. The van der Waals surface area contributed by atoms with Crippen LogP contribution >= 0.6 is 0 Å². The van der Waals surface area contributed by atoms with Gasteiger partial charge in [0, 0.05) is 7.11 Å². The van der Waals surface area contributed by atoms with Gasteiger partial charge in [0.25, 0.3) is 0 Å². The first-order valence-electron chi connectivity index (χ1n) is 9.12. The summed E-state index contributed by atoms with van der Waals surface area (Å²) in [5, 5.41) is -5.11. The van der Waals surface area contributed by atoms with E-state index in [1.54, 1.807) is 0 Å². The van der Waals surface area contributed by atoms with Crippen molar-refractivity contribution in [3.63, 3.8) is 0 Å². The highest BCUT2D eigenvalue weighted by Crippen LogP contribution is 2.63. The topological polar surface area (TPSA) is 82.1 Å². The fraction of sp³-hybridized carbons (Fsp3) is 0.941. The first kappa shape index (κ1) is 21.9. The van der Waals surface area contributed by atoms with E-state index in [2.05, 4.69) is 0 Å². The lowest BCUT2D eigenvalue weighted by Crippen LogP contribution is -2.59. The van der Waals surface area contributed by atoms with Crippen LogP contribution in [0.1, 0.15) is 44.9 Å². The lowest BCUT2D eigenvalue weighted by atomic mass is 9.48. The maximum atomic E-state index is 13.5. The summed E-state index contributed by atoms with van der Waals surface area (Å²) in [6.45, 7) is -0.869. The van der Waals surface area contributed by atoms with Crippen LogP contribution in [0.3, 0.4) is 0 Å². The molecule has 0 aliphatic heterocycles. The molecule has 0 spiro atoms. The third-order valence-corrected chi connectivity index (χ3v) is 6.95. The number of ether oxygens (including phenoxy) is 3. The summed E-state index contributed by atoms with van der Waals surface area (Å²) in [4.78, 5) is 12.7. The van der Waals surface area contributed by atoms with Gasteiger partial charge in [0.05, 0.1) is 24.0 Å². The third-order valence-electron chi connectivity index (χ3n) is 6.22. The number of hydrogen-bond acceptors (Lipinski definition) is 5. The Bertz CT molecular complexity index is 629. The molecule has 3 atom stereocenters. The van der Waals surface area contributed by atoms with Crippen molar-refractivity contribution in [1.29, 1.82) is 0 Å². The van der Waals surface area contributed by atoms with E-state index in [1.807, 2.05) is 0 Å². The molecule has 4 bridgehead atoms. The quantitative estimate of drug-likeness (QED) is 0.261. The smallest absolute Gasteiger partial charge is 0.406 e. The van der Waals surface area contributed by atoms with Gasteiger partial charge in [-0.3, -0.25) is 4.79 Å². The van der Waals surface area contributed by atoms with Crippen LogP contribution in [0.15, 0.2) is 0 Å². The van der Waals surface area contributed by atoms with Gasteiger partial charge in [-0.2, -0.15) is 17.6 Å². The molecule has 0 radical (unpaired) electrons. The van der Waals surface area contributed by atoms with E-state index in [0.717, 1.165) is 19.3 Å². The third kappa shape index (κ3) is 3.82. The molecule has 4 rings (SSSR count). The summed E-state index contributed by atoms with van der Waals surface area (Å²) in [7, 11) is 1.50. The van der Waals surface area contributed by atoms with Crippen molar-refractivity contribution in [2.75, 3.05) is 20.5 Å². The van der Waals surface area contributed by atoms with Gasteiger partial charge in [-0.05, 0) is 50.4 Å². The average molecular weight is 432 g/mol. The summed E-state index contributed by atoms with van der Waals surface area (Å²) < 4.78 is 88.1. The van der Waals surface area contributed by atoms with Crippen molar-refractivity contribution < 1.29 is 45.3 Å². The molecule has 4 fully saturated rings. The molecule has 0 aromatic rings. The molecule has 1 N–H and O–H groups in total. The Morgan fingerprint density at radius 1 is 1.18 bits per heavy atom. The minimum atomic E-state index is -5.11. The van der Waals surface area contributed by atoms with Crippen LogP contribution in [0.25, 0.3) is 0 Å². The van der Waals surface area contributed by atoms with E-state index in [4.69, 9.17) is 18.8 Å². The van der Waals surface area contributed by atoms with Gasteiger partial charge < -0.3 is 18.8 Å². The van der Waals surface area contributed by atoms with Crippen LogP contribution in [0.5, 0.6) is 0 Å². The van der Waals surface area contributed by atoms with Gasteiger partial charge in [0.2, 0.25) is 11.1 Å². The summed E-state index contributed by atoms with van der Waals surface area (Å²) >= 11 is -4.03. The molecular weight excluding hydrogens is 408 g/mol. The number of rotatable bonds is 9. The zero-order chi connectivity index (χ0) is 20.8. The largest absolute Gasteiger partial charge is 0.465 e. The predicted octanol–water partition coefficient (Wildman–Crippen LogP) is 3.33. The second kappa shape index (κ2) is 7.48. The number of hydrogen-bond donors (Lipinski definition) is 1. The molecule has 4 saturated carbocycles. The summed E-state index contributed by atoms with van der Waals surface area (Å²) in [6.07, 6.45) is 2.55. The van der Waals surface area contributed by atoms with Crippen LogP contribution < -0.4 is 0 Å². The van der Waals surface area contributed by atoms with Gasteiger partial charge in [-0.1, -0.05) is 0 Å². The maximum Gasteiger partial charge on any atom is 0.406 e. The first-order chi connectivity index (χ1) is 13.0.